The van der Waals surface area contributed by atoms with Gasteiger partial charge in [-0.15, -0.1) is 0 Å². The highest BCUT2D eigenvalue weighted by Crippen LogP contribution is 2.30. The van der Waals surface area contributed by atoms with Crippen molar-refractivity contribution in [2.45, 2.75) is 64.3 Å². The number of nitrogens with one attached hydrogen (secondary N) is 1. The molecule has 1 aromatic heterocycles. The van der Waals surface area contributed by atoms with E-state index in [0.29, 0.717) is 31.5 Å². The number of rotatable bonds is 9. The quantitative estimate of drug-likeness (QED) is 0.298. The summed E-state index contributed by atoms with van der Waals surface area (Å²) in [5, 5.41) is 3.81. The zero-order valence-corrected chi connectivity index (χ0v) is 24.9. The summed E-state index contributed by atoms with van der Waals surface area (Å²) in [6.07, 6.45) is 10.1. The van der Waals surface area contributed by atoms with Crippen LogP contribution in [-0.2, 0) is 11.3 Å². The Morgan fingerprint density at radius 3 is 2.45 bits per heavy atom. The van der Waals surface area contributed by atoms with Gasteiger partial charge in [0.25, 0.3) is 5.91 Å². The first-order chi connectivity index (χ1) is 20.5. The van der Waals surface area contributed by atoms with Gasteiger partial charge < -0.3 is 24.4 Å². The fraction of sp³-hybridized carbons (Fsp3) is 0.529. The maximum absolute atomic E-state index is 13.7. The first-order valence-corrected chi connectivity index (χ1v) is 15.8. The molecule has 6 rings (SSSR count). The Kier molecular flexibility index (Phi) is 10.5. The third-order valence-electron chi connectivity index (χ3n) is 8.51. The minimum Gasteiger partial charge on any atom is -0.450 e. The number of fused-ring (bicyclic) bond motifs is 1. The largest absolute Gasteiger partial charge is 0.450 e. The molecular formula is C34H45FN4O3. The van der Waals surface area contributed by atoms with Crippen molar-refractivity contribution in [3.8, 4) is 0 Å². The van der Waals surface area contributed by atoms with E-state index in [1.54, 1.807) is 19.1 Å². The van der Waals surface area contributed by atoms with Crippen LogP contribution in [-0.4, -0.2) is 72.2 Å². The standard InChI is InChI=1S/C31H39FN4O3.C3H6/c1-2-39-31(38)33-15-4-16-35-20-14-26-5-3-6-28(29(26)35)30(37)36-19-11-23(22-36)21-34-17-12-25(13-18-34)24-7-9-27(32)10-8-24;1-2-3-1/h3,5-10,14,20,23,25H,2,4,11-13,15-19,21-22H2,1H3,(H,33,38);1-3H2/t23-;/m1./s1. The van der Waals surface area contributed by atoms with Crippen LogP contribution in [0.2, 0.25) is 0 Å². The topological polar surface area (TPSA) is 66.8 Å². The van der Waals surface area contributed by atoms with Gasteiger partial charge in [-0.25, -0.2) is 9.18 Å². The molecule has 3 aromatic rings. The van der Waals surface area contributed by atoms with E-state index in [-0.39, 0.29) is 11.7 Å². The summed E-state index contributed by atoms with van der Waals surface area (Å²) in [6, 6.07) is 15.0. The molecule has 1 N–H and O–H groups in total. The number of nitrogens with zero attached hydrogens (tertiary/aromatic N) is 3. The molecule has 0 radical (unpaired) electrons. The molecule has 1 atom stereocenters. The van der Waals surface area contributed by atoms with Crippen LogP contribution in [0.3, 0.4) is 0 Å². The van der Waals surface area contributed by atoms with Gasteiger partial charge in [0, 0.05) is 44.3 Å². The van der Waals surface area contributed by atoms with Crippen molar-refractivity contribution in [1.82, 2.24) is 19.7 Å². The van der Waals surface area contributed by atoms with Crippen LogP contribution < -0.4 is 5.32 Å². The zero-order chi connectivity index (χ0) is 29.3. The highest BCUT2D eigenvalue weighted by Gasteiger charge is 2.31. The molecule has 226 valence electrons. The lowest BCUT2D eigenvalue weighted by Gasteiger charge is -2.33. The molecule has 0 bridgehead atoms. The number of likely N-dealkylation sites (tertiary alicyclic amines) is 2. The van der Waals surface area contributed by atoms with Gasteiger partial charge in [-0.3, -0.25) is 4.79 Å². The molecule has 3 aliphatic rings. The average molecular weight is 577 g/mol. The molecule has 3 heterocycles. The van der Waals surface area contributed by atoms with Crippen molar-refractivity contribution in [2.75, 3.05) is 45.9 Å². The van der Waals surface area contributed by atoms with Crippen molar-refractivity contribution in [2.24, 2.45) is 5.92 Å². The summed E-state index contributed by atoms with van der Waals surface area (Å²) in [4.78, 5) is 29.8. The van der Waals surface area contributed by atoms with E-state index in [2.05, 4.69) is 14.8 Å². The monoisotopic (exact) mass is 576 g/mol. The van der Waals surface area contributed by atoms with E-state index in [0.717, 1.165) is 74.9 Å². The summed E-state index contributed by atoms with van der Waals surface area (Å²) >= 11 is 0. The molecule has 2 saturated heterocycles. The number of aromatic nitrogens is 1. The van der Waals surface area contributed by atoms with Crippen molar-refractivity contribution in [3.05, 3.63) is 71.7 Å². The number of ether oxygens (including phenoxy) is 1. The van der Waals surface area contributed by atoms with E-state index in [1.165, 1.54) is 24.8 Å². The lowest BCUT2D eigenvalue weighted by molar-refractivity contribution is 0.0783. The first-order valence-electron chi connectivity index (χ1n) is 15.8. The van der Waals surface area contributed by atoms with Gasteiger partial charge in [0.2, 0.25) is 0 Å². The van der Waals surface area contributed by atoms with Crippen molar-refractivity contribution in [1.29, 1.82) is 0 Å². The van der Waals surface area contributed by atoms with Crippen LogP contribution in [0.15, 0.2) is 54.7 Å². The maximum Gasteiger partial charge on any atom is 0.407 e. The number of halogens is 1. The van der Waals surface area contributed by atoms with Crippen LogP contribution in [0.1, 0.15) is 73.7 Å². The Morgan fingerprint density at radius 1 is 0.976 bits per heavy atom. The van der Waals surface area contributed by atoms with Crippen LogP contribution in [0.25, 0.3) is 10.9 Å². The third-order valence-corrected chi connectivity index (χ3v) is 8.51. The third kappa shape index (κ3) is 8.12. The summed E-state index contributed by atoms with van der Waals surface area (Å²) in [5.74, 6) is 0.907. The van der Waals surface area contributed by atoms with Crippen LogP contribution in [0.5, 0.6) is 0 Å². The second-order valence-corrected chi connectivity index (χ2v) is 11.8. The number of carbonyl (C=O) groups excluding carboxylic acids is 2. The Balaban J connectivity index is 0.00000110. The maximum atomic E-state index is 13.7. The lowest BCUT2D eigenvalue weighted by atomic mass is 9.89. The number of benzene rings is 2. The van der Waals surface area contributed by atoms with E-state index >= 15 is 0 Å². The lowest BCUT2D eigenvalue weighted by Crippen LogP contribution is -2.38. The molecule has 2 aliphatic heterocycles. The number of alkyl carbamates (subject to hydrolysis) is 1. The molecule has 8 heteroatoms. The van der Waals surface area contributed by atoms with Gasteiger partial charge in [-0.2, -0.15) is 0 Å². The fourth-order valence-corrected chi connectivity index (χ4v) is 6.13. The number of para-hydroxylation sites is 1. The van der Waals surface area contributed by atoms with Crippen molar-refractivity contribution < 1.29 is 18.7 Å². The van der Waals surface area contributed by atoms with Crippen molar-refractivity contribution >= 4 is 22.9 Å². The summed E-state index contributed by atoms with van der Waals surface area (Å²) < 4.78 is 20.3. The van der Waals surface area contributed by atoms with Crippen LogP contribution >= 0.6 is 0 Å². The second-order valence-electron chi connectivity index (χ2n) is 11.8. The minimum absolute atomic E-state index is 0.0997. The highest BCUT2D eigenvalue weighted by molar-refractivity contribution is 6.06. The molecule has 1 aliphatic carbocycles. The average Bonchev–Trinajstić information content (AvgIpc) is 3.73. The molecule has 2 aromatic carbocycles. The fourth-order valence-electron chi connectivity index (χ4n) is 6.13. The van der Waals surface area contributed by atoms with Gasteiger partial charge in [0.05, 0.1) is 17.7 Å². The number of aryl methyl sites for hydroxylation is 1. The van der Waals surface area contributed by atoms with Gasteiger partial charge in [-0.05, 0) is 87.4 Å². The van der Waals surface area contributed by atoms with Gasteiger partial charge in [-0.1, -0.05) is 43.5 Å². The van der Waals surface area contributed by atoms with Crippen LogP contribution in [0, 0.1) is 11.7 Å². The Labute approximate surface area is 249 Å². The molecular weight excluding hydrogens is 531 g/mol. The number of hydrogen-bond acceptors (Lipinski definition) is 4. The van der Waals surface area contributed by atoms with Gasteiger partial charge in [0.1, 0.15) is 5.82 Å². The molecule has 0 unspecified atom stereocenters. The molecule has 0 spiro atoms. The molecule has 7 nitrogen and oxygen atoms in total. The number of amides is 2. The normalized spacial score (nSPS) is 18.9. The Hall–Kier alpha value is -3.39. The van der Waals surface area contributed by atoms with Crippen molar-refractivity contribution in [3.63, 3.8) is 0 Å². The van der Waals surface area contributed by atoms with Gasteiger partial charge in [0.15, 0.2) is 0 Å². The van der Waals surface area contributed by atoms with E-state index in [9.17, 15) is 14.0 Å². The number of piperidine rings is 1. The van der Waals surface area contributed by atoms with E-state index in [1.807, 2.05) is 47.5 Å². The first kappa shape index (κ1) is 30.1. The Bertz CT molecular complexity index is 1310. The molecule has 2 amide bonds. The SMILES string of the molecule is C1CC1.CCOC(=O)NCCCn1ccc2cccc(C(=O)N3CC[C@H](CN4CCC(c5ccc(F)cc5)CC4)C3)c21. The van der Waals surface area contributed by atoms with E-state index in [4.69, 9.17) is 4.74 Å². The smallest absolute Gasteiger partial charge is 0.407 e. The molecule has 42 heavy (non-hydrogen) atoms. The number of carbonyl (C=O) groups is 2. The summed E-state index contributed by atoms with van der Waals surface area (Å²) in [5.41, 5.74) is 2.95. The molecule has 3 fully saturated rings. The Morgan fingerprint density at radius 2 is 1.74 bits per heavy atom. The summed E-state index contributed by atoms with van der Waals surface area (Å²) in [7, 11) is 0. The van der Waals surface area contributed by atoms with Crippen LogP contribution in [0.4, 0.5) is 9.18 Å². The highest BCUT2D eigenvalue weighted by atomic mass is 19.1. The second kappa shape index (κ2) is 14.7. The number of hydrogen-bond donors (Lipinski definition) is 1. The summed E-state index contributed by atoms with van der Waals surface area (Å²) in [6.45, 7) is 8.05. The predicted octanol–water partition coefficient (Wildman–Crippen LogP) is 6.43. The predicted molar refractivity (Wildman–Crippen MR) is 164 cm³/mol. The zero-order valence-electron chi connectivity index (χ0n) is 24.9. The molecule has 1 saturated carbocycles. The van der Waals surface area contributed by atoms with Gasteiger partial charge >= 0.3 is 6.09 Å². The van der Waals surface area contributed by atoms with E-state index < -0.39 is 6.09 Å². The minimum atomic E-state index is -0.397.